The number of aryl methyl sites for hydroxylation is 1. The molecule has 1 aromatic rings. The van der Waals surface area contributed by atoms with Crippen molar-refractivity contribution < 1.29 is 27.1 Å². The van der Waals surface area contributed by atoms with Gasteiger partial charge in [-0.15, -0.1) is 0 Å². The number of esters is 1. The number of nitrogens with zero attached hydrogens (tertiary/aromatic N) is 1. The van der Waals surface area contributed by atoms with Crippen molar-refractivity contribution in [2.24, 2.45) is 0 Å². The van der Waals surface area contributed by atoms with Crippen LogP contribution in [-0.4, -0.2) is 55.9 Å². The maximum absolute atomic E-state index is 12.8. The van der Waals surface area contributed by atoms with Crippen LogP contribution in [0.3, 0.4) is 0 Å². The van der Waals surface area contributed by atoms with Crippen molar-refractivity contribution in [2.45, 2.75) is 32.2 Å². The van der Waals surface area contributed by atoms with Gasteiger partial charge in [-0.2, -0.15) is 0 Å². The van der Waals surface area contributed by atoms with Crippen molar-refractivity contribution in [1.29, 1.82) is 0 Å². The number of hydrogen-bond donors (Lipinski definition) is 0. The lowest BCUT2D eigenvalue weighted by molar-refractivity contribution is -0.152. The molecule has 1 aromatic carbocycles. The highest BCUT2D eigenvalue weighted by molar-refractivity contribution is 7.91. The lowest BCUT2D eigenvalue weighted by Gasteiger charge is -2.26. The molecular formula is C17H22FNO5S. The van der Waals surface area contributed by atoms with E-state index in [4.69, 9.17) is 4.74 Å². The molecule has 1 atom stereocenters. The number of hydrogen-bond acceptors (Lipinski definition) is 5. The molecular weight excluding hydrogens is 349 g/mol. The van der Waals surface area contributed by atoms with Crippen LogP contribution in [-0.2, 0) is 30.6 Å². The van der Waals surface area contributed by atoms with Crippen LogP contribution in [0.5, 0.6) is 0 Å². The van der Waals surface area contributed by atoms with Crippen LogP contribution in [0.2, 0.25) is 0 Å². The Bertz CT molecular complexity index is 717. The van der Waals surface area contributed by atoms with E-state index in [0.29, 0.717) is 19.4 Å². The molecule has 1 heterocycles. The minimum absolute atomic E-state index is 0.0366. The van der Waals surface area contributed by atoms with Crippen molar-refractivity contribution in [3.63, 3.8) is 0 Å². The smallest absolute Gasteiger partial charge is 0.306 e. The number of halogens is 1. The number of likely N-dealkylation sites (N-methyl/N-ethyl adjacent to an activating group) is 1. The Balaban J connectivity index is 1.77. The Morgan fingerprint density at radius 1 is 1.28 bits per heavy atom. The van der Waals surface area contributed by atoms with Crippen molar-refractivity contribution in [2.75, 3.05) is 24.7 Å². The molecule has 1 aliphatic rings. The minimum atomic E-state index is -3.09. The third-order valence-electron chi connectivity index (χ3n) is 4.20. The fourth-order valence-electron chi connectivity index (χ4n) is 2.85. The first-order valence-electron chi connectivity index (χ1n) is 8.20. The summed E-state index contributed by atoms with van der Waals surface area (Å²) in [6.45, 7) is 1.73. The van der Waals surface area contributed by atoms with Crippen LogP contribution < -0.4 is 0 Å². The van der Waals surface area contributed by atoms with Gasteiger partial charge in [0.05, 0.1) is 11.5 Å². The van der Waals surface area contributed by atoms with Gasteiger partial charge in [-0.1, -0.05) is 12.1 Å². The summed E-state index contributed by atoms with van der Waals surface area (Å²) in [7, 11) is -3.09. The third-order valence-corrected chi connectivity index (χ3v) is 5.95. The summed E-state index contributed by atoms with van der Waals surface area (Å²) >= 11 is 0. The van der Waals surface area contributed by atoms with Crippen LogP contribution in [0.1, 0.15) is 25.3 Å². The van der Waals surface area contributed by atoms with Gasteiger partial charge in [0, 0.05) is 19.0 Å². The minimum Gasteiger partial charge on any atom is -0.456 e. The molecule has 1 aliphatic heterocycles. The third kappa shape index (κ3) is 5.81. The van der Waals surface area contributed by atoms with Gasteiger partial charge in [0.2, 0.25) is 0 Å². The fraction of sp³-hybridized carbons (Fsp3) is 0.529. The van der Waals surface area contributed by atoms with E-state index >= 15 is 0 Å². The lowest BCUT2D eigenvalue weighted by Crippen LogP contribution is -2.43. The first-order valence-corrected chi connectivity index (χ1v) is 10.0. The summed E-state index contributed by atoms with van der Waals surface area (Å²) in [5.41, 5.74) is 0.802. The fourth-order valence-corrected chi connectivity index (χ4v) is 4.58. The second-order valence-corrected chi connectivity index (χ2v) is 8.25. The number of carbonyl (C=O) groups excluding carboxylic acids is 2. The molecule has 0 saturated carbocycles. The highest BCUT2D eigenvalue weighted by Crippen LogP contribution is 2.18. The molecule has 1 unspecified atom stereocenters. The quantitative estimate of drug-likeness (QED) is 0.676. The van der Waals surface area contributed by atoms with Gasteiger partial charge in [-0.25, -0.2) is 12.8 Å². The lowest BCUT2D eigenvalue weighted by atomic mass is 10.1. The molecule has 138 valence electrons. The van der Waals surface area contributed by atoms with E-state index < -0.39 is 22.4 Å². The van der Waals surface area contributed by atoms with Crippen molar-refractivity contribution in [3.8, 4) is 0 Å². The maximum Gasteiger partial charge on any atom is 0.306 e. The largest absolute Gasteiger partial charge is 0.456 e. The normalized spacial score (nSPS) is 18.7. The van der Waals surface area contributed by atoms with E-state index in [-0.39, 0.29) is 35.7 Å². The van der Waals surface area contributed by atoms with E-state index in [1.165, 1.54) is 17.0 Å². The monoisotopic (exact) mass is 371 g/mol. The Morgan fingerprint density at radius 3 is 2.52 bits per heavy atom. The summed E-state index contributed by atoms with van der Waals surface area (Å²) in [6.07, 6.45) is 0.898. The summed E-state index contributed by atoms with van der Waals surface area (Å²) < 4.78 is 40.9. The van der Waals surface area contributed by atoms with Crippen LogP contribution in [0.25, 0.3) is 0 Å². The van der Waals surface area contributed by atoms with Crippen LogP contribution in [0, 0.1) is 5.82 Å². The van der Waals surface area contributed by atoms with Crippen molar-refractivity contribution >= 4 is 21.7 Å². The highest BCUT2D eigenvalue weighted by Gasteiger charge is 2.34. The predicted octanol–water partition coefficient (Wildman–Crippen LogP) is 1.34. The highest BCUT2D eigenvalue weighted by atomic mass is 32.2. The zero-order valence-electron chi connectivity index (χ0n) is 14.1. The van der Waals surface area contributed by atoms with Gasteiger partial charge in [-0.3, -0.25) is 9.59 Å². The van der Waals surface area contributed by atoms with E-state index in [2.05, 4.69) is 0 Å². The van der Waals surface area contributed by atoms with E-state index in [9.17, 15) is 22.4 Å². The predicted molar refractivity (Wildman–Crippen MR) is 90.1 cm³/mol. The average Bonchev–Trinajstić information content (AvgIpc) is 2.92. The zero-order chi connectivity index (χ0) is 18.4. The molecule has 1 fully saturated rings. The first kappa shape index (κ1) is 19.4. The van der Waals surface area contributed by atoms with Gasteiger partial charge in [0.15, 0.2) is 16.4 Å². The van der Waals surface area contributed by atoms with Gasteiger partial charge in [-0.05, 0) is 37.5 Å². The molecule has 0 spiro atoms. The number of carbonyl (C=O) groups is 2. The van der Waals surface area contributed by atoms with E-state index in [1.807, 2.05) is 0 Å². The zero-order valence-corrected chi connectivity index (χ0v) is 14.9. The second kappa shape index (κ2) is 8.42. The summed E-state index contributed by atoms with van der Waals surface area (Å²) in [4.78, 5) is 25.4. The molecule has 0 aliphatic carbocycles. The van der Waals surface area contributed by atoms with E-state index in [1.54, 1.807) is 19.1 Å². The van der Waals surface area contributed by atoms with Crippen molar-refractivity contribution in [1.82, 2.24) is 4.90 Å². The number of benzene rings is 1. The molecule has 0 N–H and O–H groups in total. The Labute approximate surface area is 146 Å². The molecule has 1 amide bonds. The molecule has 0 bridgehead atoms. The standard InChI is InChI=1S/C17H22FNO5S/c1-2-19(15-9-10-25(22,23)12-15)16(20)11-24-17(21)8-5-13-3-6-14(18)7-4-13/h3-4,6-7,15H,2,5,8-12H2,1H3. The molecule has 25 heavy (non-hydrogen) atoms. The Kier molecular flexibility index (Phi) is 6.52. The number of rotatable bonds is 7. The van der Waals surface area contributed by atoms with Gasteiger partial charge >= 0.3 is 5.97 Å². The topological polar surface area (TPSA) is 80.8 Å². The SMILES string of the molecule is CCN(C(=O)COC(=O)CCc1ccc(F)cc1)C1CCS(=O)(=O)C1. The maximum atomic E-state index is 12.8. The number of ether oxygens (including phenoxy) is 1. The number of amides is 1. The van der Waals surface area contributed by atoms with Gasteiger partial charge in [0.1, 0.15) is 5.82 Å². The Hall–Kier alpha value is -1.96. The first-order chi connectivity index (χ1) is 11.8. The van der Waals surface area contributed by atoms with Gasteiger partial charge < -0.3 is 9.64 Å². The van der Waals surface area contributed by atoms with Crippen LogP contribution >= 0.6 is 0 Å². The summed E-state index contributed by atoms with van der Waals surface area (Å²) in [5, 5.41) is 0. The summed E-state index contributed by atoms with van der Waals surface area (Å²) in [6, 6.07) is 5.47. The van der Waals surface area contributed by atoms with Crippen molar-refractivity contribution in [3.05, 3.63) is 35.6 Å². The molecule has 1 saturated heterocycles. The molecule has 0 radical (unpaired) electrons. The summed E-state index contributed by atoms with van der Waals surface area (Å²) in [5.74, 6) is -1.21. The van der Waals surface area contributed by atoms with E-state index in [0.717, 1.165) is 5.56 Å². The van der Waals surface area contributed by atoms with Crippen LogP contribution in [0.4, 0.5) is 4.39 Å². The van der Waals surface area contributed by atoms with Crippen LogP contribution in [0.15, 0.2) is 24.3 Å². The Morgan fingerprint density at radius 2 is 1.96 bits per heavy atom. The molecule has 8 heteroatoms. The van der Waals surface area contributed by atoms with Gasteiger partial charge in [0.25, 0.3) is 5.91 Å². The molecule has 0 aromatic heterocycles. The molecule has 6 nitrogen and oxygen atoms in total. The second-order valence-electron chi connectivity index (χ2n) is 6.02. The average molecular weight is 371 g/mol. The number of sulfone groups is 1. The molecule has 2 rings (SSSR count).